The molecule has 120 valence electrons. The molecule has 0 radical (unpaired) electrons. The Morgan fingerprint density at radius 3 is 2.65 bits per heavy atom. The van der Waals surface area contributed by atoms with Crippen LogP contribution in [-0.4, -0.2) is 41.5 Å². The van der Waals surface area contributed by atoms with Gasteiger partial charge in [0.15, 0.2) is 0 Å². The molecular formula is C18H20N2O3. The molecular weight excluding hydrogens is 292 g/mol. The molecule has 1 aliphatic heterocycles. The summed E-state index contributed by atoms with van der Waals surface area (Å²) in [5, 5.41) is 14.2. The normalized spacial score (nSPS) is 21.4. The molecule has 5 nitrogen and oxygen atoms in total. The van der Waals surface area contributed by atoms with E-state index >= 15 is 0 Å². The van der Waals surface area contributed by atoms with Gasteiger partial charge in [0.05, 0.1) is 12.5 Å². The fourth-order valence-electron chi connectivity index (χ4n) is 3.24. The average Bonchev–Trinajstić information content (AvgIpc) is 2.88. The van der Waals surface area contributed by atoms with Gasteiger partial charge < -0.3 is 10.4 Å². The van der Waals surface area contributed by atoms with Gasteiger partial charge in [-0.3, -0.25) is 14.5 Å². The molecule has 1 saturated heterocycles. The number of rotatable bonds is 4. The summed E-state index contributed by atoms with van der Waals surface area (Å²) < 4.78 is 0. The molecule has 23 heavy (non-hydrogen) atoms. The van der Waals surface area contributed by atoms with Crippen LogP contribution >= 0.6 is 0 Å². The van der Waals surface area contributed by atoms with Gasteiger partial charge in [0, 0.05) is 24.2 Å². The number of benzene rings is 2. The predicted molar refractivity (Wildman–Crippen MR) is 89.3 cm³/mol. The lowest BCUT2D eigenvalue weighted by atomic mass is 9.99. The molecule has 1 aliphatic rings. The van der Waals surface area contributed by atoms with Crippen LogP contribution in [0.25, 0.3) is 10.8 Å². The lowest BCUT2D eigenvalue weighted by molar-refractivity contribution is -0.142. The van der Waals surface area contributed by atoms with E-state index in [0.717, 1.165) is 16.5 Å². The van der Waals surface area contributed by atoms with E-state index < -0.39 is 5.97 Å². The fourth-order valence-corrected chi connectivity index (χ4v) is 3.24. The number of likely N-dealkylation sites (tertiary alicyclic amines) is 1. The van der Waals surface area contributed by atoms with Gasteiger partial charge in [-0.15, -0.1) is 0 Å². The SMILES string of the molecule is C[C@@H]1CN(CC(=O)Nc2cccc3ccccc23)C[C@H]1C(=O)O. The van der Waals surface area contributed by atoms with Crippen LogP contribution in [0, 0.1) is 11.8 Å². The number of nitrogens with zero attached hydrogens (tertiary/aromatic N) is 1. The summed E-state index contributed by atoms with van der Waals surface area (Å²) >= 11 is 0. The van der Waals surface area contributed by atoms with Crippen molar-refractivity contribution in [3.05, 3.63) is 42.5 Å². The highest BCUT2D eigenvalue weighted by atomic mass is 16.4. The van der Waals surface area contributed by atoms with Crippen molar-refractivity contribution in [2.45, 2.75) is 6.92 Å². The zero-order valence-electron chi connectivity index (χ0n) is 13.0. The molecule has 2 N–H and O–H groups in total. The Labute approximate surface area is 134 Å². The van der Waals surface area contributed by atoms with Crippen molar-refractivity contribution in [2.24, 2.45) is 11.8 Å². The van der Waals surface area contributed by atoms with Gasteiger partial charge in [-0.2, -0.15) is 0 Å². The Hall–Kier alpha value is -2.40. The van der Waals surface area contributed by atoms with Crippen LogP contribution in [0.15, 0.2) is 42.5 Å². The van der Waals surface area contributed by atoms with E-state index in [4.69, 9.17) is 5.11 Å². The van der Waals surface area contributed by atoms with Crippen molar-refractivity contribution >= 4 is 28.3 Å². The third-order valence-corrected chi connectivity index (χ3v) is 4.44. The molecule has 2 aromatic rings. The molecule has 0 unspecified atom stereocenters. The van der Waals surface area contributed by atoms with Gasteiger partial charge in [0.2, 0.25) is 5.91 Å². The van der Waals surface area contributed by atoms with Crippen LogP contribution in [0.3, 0.4) is 0 Å². The monoisotopic (exact) mass is 312 g/mol. The number of carboxylic acid groups (broad SMARTS) is 1. The summed E-state index contributed by atoms with van der Waals surface area (Å²) in [6, 6.07) is 13.7. The Balaban J connectivity index is 1.67. The summed E-state index contributed by atoms with van der Waals surface area (Å²) in [5.74, 6) is -1.22. The minimum absolute atomic E-state index is 0.0675. The first-order chi connectivity index (χ1) is 11.0. The quantitative estimate of drug-likeness (QED) is 0.910. The van der Waals surface area contributed by atoms with Gasteiger partial charge >= 0.3 is 5.97 Å². The Morgan fingerprint density at radius 1 is 1.17 bits per heavy atom. The maximum atomic E-state index is 12.3. The largest absolute Gasteiger partial charge is 0.481 e. The number of carbonyl (C=O) groups excluding carboxylic acids is 1. The van der Waals surface area contributed by atoms with Crippen LogP contribution in [-0.2, 0) is 9.59 Å². The van der Waals surface area contributed by atoms with Gasteiger partial charge in [-0.1, -0.05) is 43.3 Å². The van der Waals surface area contributed by atoms with Crippen molar-refractivity contribution in [3.8, 4) is 0 Å². The predicted octanol–water partition coefficient (Wildman–Crippen LogP) is 2.43. The van der Waals surface area contributed by atoms with Crippen LogP contribution < -0.4 is 5.32 Å². The lowest BCUT2D eigenvalue weighted by Crippen LogP contribution is -2.32. The maximum Gasteiger partial charge on any atom is 0.308 e. The van der Waals surface area contributed by atoms with Crippen LogP contribution in [0.4, 0.5) is 5.69 Å². The summed E-state index contributed by atoms with van der Waals surface area (Å²) in [6.45, 7) is 3.21. The smallest absolute Gasteiger partial charge is 0.308 e. The minimum Gasteiger partial charge on any atom is -0.481 e. The van der Waals surface area contributed by atoms with Crippen molar-refractivity contribution in [3.63, 3.8) is 0 Å². The third kappa shape index (κ3) is 3.35. The maximum absolute atomic E-state index is 12.3. The zero-order valence-corrected chi connectivity index (χ0v) is 13.0. The summed E-state index contributed by atoms with van der Waals surface area (Å²) in [7, 11) is 0. The van der Waals surface area contributed by atoms with Crippen molar-refractivity contribution in [2.75, 3.05) is 25.0 Å². The van der Waals surface area contributed by atoms with Gasteiger partial charge in [-0.25, -0.2) is 0 Å². The summed E-state index contributed by atoms with van der Waals surface area (Å²) in [4.78, 5) is 25.4. The number of amides is 1. The van der Waals surface area contributed by atoms with E-state index in [1.165, 1.54) is 0 Å². The van der Waals surface area contributed by atoms with E-state index in [1.807, 2.05) is 54.3 Å². The second kappa shape index (κ2) is 6.38. The van der Waals surface area contributed by atoms with Gasteiger partial charge in [0.25, 0.3) is 0 Å². The molecule has 0 aromatic heterocycles. The van der Waals surface area contributed by atoms with Crippen molar-refractivity contribution in [1.82, 2.24) is 4.90 Å². The van der Waals surface area contributed by atoms with Crippen LogP contribution in [0.5, 0.6) is 0 Å². The number of aliphatic carboxylic acids is 1. The number of anilines is 1. The molecule has 0 spiro atoms. The molecule has 3 rings (SSSR count). The second-order valence-corrected chi connectivity index (χ2v) is 6.19. The van der Waals surface area contributed by atoms with Gasteiger partial charge in [0.1, 0.15) is 0 Å². The average molecular weight is 312 g/mol. The van der Waals surface area contributed by atoms with E-state index in [0.29, 0.717) is 13.1 Å². The van der Waals surface area contributed by atoms with Crippen molar-refractivity contribution < 1.29 is 14.7 Å². The zero-order chi connectivity index (χ0) is 16.4. The van der Waals surface area contributed by atoms with E-state index in [2.05, 4.69) is 5.32 Å². The summed E-state index contributed by atoms with van der Waals surface area (Å²) in [5.41, 5.74) is 0.787. The van der Waals surface area contributed by atoms with E-state index in [1.54, 1.807) is 0 Å². The Bertz CT molecular complexity index is 739. The first kappa shape index (κ1) is 15.5. The van der Waals surface area contributed by atoms with E-state index in [-0.39, 0.29) is 24.3 Å². The van der Waals surface area contributed by atoms with Crippen LogP contribution in [0.2, 0.25) is 0 Å². The molecule has 0 saturated carbocycles. The number of hydrogen-bond acceptors (Lipinski definition) is 3. The highest BCUT2D eigenvalue weighted by molar-refractivity contribution is 6.02. The number of fused-ring (bicyclic) bond motifs is 1. The molecule has 1 heterocycles. The van der Waals surface area contributed by atoms with E-state index in [9.17, 15) is 9.59 Å². The highest BCUT2D eigenvalue weighted by Crippen LogP contribution is 2.24. The highest BCUT2D eigenvalue weighted by Gasteiger charge is 2.35. The second-order valence-electron chi connectivity index (χ2n) is 6.19. The molecule has 5 heteroatoms. The number of nitrogens with one attached hydrogen (secondary N) is 1. The fraction of sp³-hybridized carbons (Fsp3) is 0.333. The molecule has 1 fully saturated rings. The number of carbonyl (C=O) groups is 2. The van der Waals surface area contributed by atoms with Crippen LogP contribution in [0.1, 0.15) is 6.92 Å². The first-order valence-corrected chi connectivity index (χ1v) is 7.77. The molecule has 0 bridgehead atoms. The first-order valence-electron chi connectivity index (χ1n) is 7.77. The summed E-state index contributed by atoms with van der Waals surface area (Å²) in [6.07, 6.45) is 0. The molecule has 2 aromatic carbocycles. The Kier molecular flexibility index (Phi) is 4.30. The topological polar surface area (TPSA) is 69.6 Å². The molecule has 0 aliphatic carbocycles. The third-order valence-electron chi connectivity index (χ3n) is 4.44. The Morgan fingerprint density at radius 2 is 1.91 bits per heavy atom. The standard InChI is InChI=1S/C18H20N2O3/c1-12-9-20(10-15(12)18(22)23)11-17(21)19-16-8-4-6-13-5-2-3-7-14(13)16/h2-8,12,15H,9-11H2,1H3,(H,19,21)(H,22,23)/t12-,15-/m1/s1. The lowest BCUT2D eigenvalue weighted by Gasteiger charge is -2.15. The molecule has 1 amide bonds. The number of carboxylic acids is 1. The molecule has 2 atom stereocenters. The van der Waals surface area contributed by atoms with Gasteiger partial charge in [-0.05, 0) is 17.4 Å². The number of hydrogen-bond donors (Lipinski definition) is 2. The minimum atomic E-state index is -0.783. The van der Waals surface area contributed by atoms with Crippen molar-refractivity contribution in [1.29, 1.82) is 0 Å².